The van der Waals surface area contributed by atoms with Crippen LogP contribution in [-0.2, 0) is 4.79 Å². The van der Waals surface area contributed by atoms with Gasteiger partial charge < -0.3 is 10.2 Å². The molecule has 3 nitrogen and oxygen atoms in total. The number of halogens is 1. The van der Waals surface area contributed by atoms with E-state index in [9.17, 15) is 4.79 Å². The molecule has 1 amide bonds. The van der Waals surface area contributed by atoms with E-state index < -0.39 is 0 Å². The number of nitrogens with one attached hydrogen (secondary N) is 1. The minimum Gasteiger partial charge on any atom is -0.342 e. The van der Waals surface area contributed by atoms with Crippen molar-refractivity contribution in [2.24, 2.45) is 11.8 Å². The first kappa shape index (κ1) is 20.3. The molecule has 1 aliphatic heterocycles. The van der Waals surface area contributed by atoms with E-state index in [0.29, 0.717) is 17.7 Å². The van der Waals surface area contributed by atoms with Crippen molar-refractivity contribution in [2.75, 3.05) is 26.2 Å². The summed E-state index contributed by atoms with van der Waals surface area (Å²) in [6, 6.07) is 8.92. The Bertz CT molecular complexity index is 550. The van der Waals surface area contributed by atoms with Crippen molar-refractivity contribution < 1.29 is 4.79 Å². The predicted octanol–water partition coefficient (Wildman–Crippen LogP) is 4.18. The summed E-state index contributed by atoms with van der Waals surface area (Å²) in [7, 11) is 0. The summed E-state index contributed by atoms with van der Waals surface area (Å²) in [4.78, 5) is 14.9. The number of amides is 1. The van der Waals surface area contributed by atoms with E-state index in [1.54, 1.807) is 0 Å². The molecule has 0 spiro atoms. The van der Waals surface area contributed by atoms with Crippen LogP contribution in [-0.4, -0.2) is 37.0 Å². The zero-order valence-electron chi connectivity index (χ0n) is 15.8. The lowest BCUT2D eigenvalue weighted by Gasteiger charge is -2.32. The quantitative estimate of drug-likeness (QED) is 0.821. The minimum absolute atomic E-state index is 0. The lowest BCUT2D eigenvalue weighted by atomic mass is 9.96. The molecular formula is C21H33ClN2O. The smallest absolute Gasteiger partial charge is 0.226 e. The second-order valence-corrected chi connectivity index (χ2v) is 7.85. The molecule has 1 heterocycles. The molecular weight excluding hydrogens is 332 g/mol. The zero-order valence-corrected chi connectivity index (χ0v) is 16.6. The SMILES string of the molecule is CCNCC1CCN(C(=O)C2CC2c2ccc(C(C)C)cc2)CC1.Cl. The van der Waals surface area contributed by atoms with E-state index in [2.05, 4.69) is 55.3 Å². The Morgan fingerprint density at radius 3 is 2.40 bits per heavy atom. The summed E-state index contributed by atoms with van der Waals surface area (Å²) in [5, 5.41) is 3.43. The molecule has 1 saturated heterocycles. The number of carbonyl (C=O) groups is 1. The van der Waals surface area contributed by atoms with Crippen LogP contribution >= 0.6 is 12.4 Å². The second kappa shape index (κ2) is 9.05. The highest BCUT2D eigenvalue weighted by atomic mass is 35.5. The van der Waals surface area contributed by atoms with Crippen LogP contribution in [0.1, 0.15) is 63.0 Å². The van der Waals surface area contributed by atoms with Gasteiger partial charge in [-0.3, -0.25) is 4.79 Å². The average molecular weight is 365 g/mol. The number of likely N-dealkylation sites (tertiary alicyclic amines) is 1. The van der Waals surface area contributed by atoms with Crippen molar-refractivity contribution in [2.45, 2.75) is 51.9 Å². The molecule has 0 bridgehead atoms. The number of rotatable bonds is 6. The van der Waals surface area contributed by atoms with Crippen LogP contribution in [0.2, 0.25) is 0 Å². The third kappa shape index (κ3) is 4.98. The Kier molecular flexibility index (Phi) is 7.33. The molecule has 25 heavy (non-hydrogen) atoms. The molecule has 1 aromatic carbocycles. The summed E-state index contributed by atoms with van der Waals surface area (Å²) in [6.07, 6.45) is 3.34. The summed E-state index contributed by atoms with van der Waals surface area (Å²) >= 11 is 0. The fraction of sp³-hybridized carbons (Fsp3) is 0.667. The van der Waals surface area contributed by atoms with Gasteiger partial charge in [-0.25, -0.2) is 0 Å². The van der Waals surface area contributed by atoms with Gasteiger partial charge in [0.05, 0.1) is 0 Å². The van der Waals surface area contributed by atoms with Crippen LogP contribution in [0, 0.1) is 11.8 Å². The van der Waals surface area contributed by atoms with E-state index in [1.807, 2.05) is 0 Å². The van der Waals surface area contributed by atoms with Crippen molar-refractivity contribution in [3.8, 4) is 0 Å². The lowest BCUT2D eigenvalue weighted by molar-refractivity contribution is -0.134. The van der Waals surface area contributed by atoms with Gasteiger partial charge in [0.25, 0.3) is 0 Å². The molecule has 1 saturated carbocycles. The third-order valence-corrected chi connectivity index (χ3v) is 5.75. The first-order valence-electron chi connectivity index (χ1n) is 9.69. The molecule has 0 radical (unpaired) electrons. The van der Waals surface area contributed by atoms with Crippen LogP contribution in [0.5, 0.6) is 0 Å². The van der Waals surface area contributed by atoms with Crippen molar-refractivity contribution in [1.82, 2.24) is 10.2 Å². The van der Waals surface area contributed by atoms with Crippen molar-refractivity contribution in [3.05, 3.63) is 35.4 Å². The molecule has 1 N–H and O–H groups in total. The Morgan fingerprint density at radius 1 is 1.20 bits per heavy atom. The fourth-order valence-electron chi connectivity index (χ4n) is 3.90. The van der Waals surface area contributed by atoms with Crippen molar-refractivity contribution in [1.29, 1.82) is 0 Å². The highest BCUT2D eigenvalue weighted by Crippen LogP contribution is 2.48. The van der Waals surface area contributed by atoms with Gasteiger partial charge in [0.15, 0.2) is 0 Å². The zero-order chi connectivity index (χ0) is 17.1. The van der Waals surface area contributed by atoms with E-state index in [4.69, 9.17) is 0 Å². The van der Waals surface area contributed by atoms with Gasteiger partial charge in [-0.1, -0.05) is 45.0 Å². The molecule has 4 heteroatoms. The third-order valence-electron chi connectivity index (χ3n) is 5.75. The molecule has 2 unspecified atom stereocenters. The Morgan fingerprint density at radius 2 is 1.84 bits per heavy atom. The first-order chi connectivity index (χ1) is 11.6. The van der Waals surface area contributed by atoms with Crippen LogP contribution in [0.4, 0.5) is 0 Å². The molecule has 2 fully saturated rings. The maximum atomic E-state index is 12.8. The normalized spacial score (nSPS) is 23.4. The van der Waals surface area contributed by atoms with Gasteiger partial charge in [-0.05, 0) is 61.2 Å². The van der Waals surface area contributed by atoms with Crippen molar-refractivity contribution in [3.63, 3.8) is 0 Å². The van der Waals surface area contributed by atoms with E-state index in [0.717, 1.165) is 51.4 Å². The van der Waals surface area contributed by atoms with Crippen LogP contribution in [0.15, 0.2) is 24.3 Å². The molecule has 1 aromatic rings. The van der Waals surface area contributed by atoms with Gasteiger partial charge in [-0.2, -0.15) is 0 Å². The maximum absolute atomic E-state index is 12.8. The largest absolute Gasteiger partial charge is 0.342 e. The summed E-state index contributed by atoms with van der Waals surface area (Å²) < 4.78 is 0. The number of carbonyl (C=O) groups excluding carboxylic acids is 1. The Balaban J connectivity index is 0.00000225. The Labute approximate surface area is 159 Å². The van der Waals surface area contributed by atoms with Crippen LogP contribution in [0.3, 0.4) is 0 Å². The summed E-state index contributed by atoms with van der Waals surface area (Å²) in [5.74, 6) is 2.40. The Hall–Kier alpha value is -1.06. The molecule has 1 aliphatic carbocycles. The van der Waals surface area contributed by atoms with Gasteiger partial charge in [0.1, 0.15) is 0 Å². The molecule has 0 aromatic heterocycles. The fourth-order valence-corrected chi connectivity index (χ4v) is 3.90. The highest BCUT2D eigenvalue weighted by molar-refractivity contribution is 5.85. The lowest BCUT2D eigenvalue weighted by Crippen LogP contribution is -2.41. The van der Waals surface area contributed by atoms with Gasteiger partial charge in [-0.15, -0.1) is 12.4 Å². The highest BCUT2D eigenvalue weighted by Gasteiger charge is 2.46. The van der Waals surface area contributed by atoms with Crippen molar-refractivity contribution >= 4 is 18.3 Å². The number of piperidine rings is 1. The summed E-state index contributed by atoms with van der Waals surface area (Å²) in [6.45, 7) is 10.6. The average Bonchev–Trinajstić information content (AvgIpc) is 3.40. The van der Waals surface area contributed by atoms with Crippen LogP contribution in [0.25, 0.3) is 0 Å². The number of hydrogen-bond acceptors (Lipinski definition) is 2. The maximum Gasteiger partial charge on any atom is 0.226 e. The topological polar surface area (TPSA) is 32.3 Å². The van der Waals surface area contributed by atoms with Gasteiger partial charge in [0.2, 0.25) is 5.91 Å². The van der Waals surface area contributed by atoms with Gasteiger partial charge in [0, 0.05) is 19.0 Å². The summed E-state index contributed by atoms with van der Waals surface area (Å²) in [5.41, 5.74) is 2.73. The molecule has 2 aliphatic rings. The standard InChI is InChI=1S/C21H32N2O.ClH/c1-4-22-14-16-9-11-23(12-10-16)21(24)20-13-19(20)18-7-5-17(6-8-18)15(2)3;/h5-8,15-16,19-20,22H,4,9-14H2,1-3H3;1H. The molecule has 3 rings (SSSR count). The van der Waals surface area contributed by atoms with E-state index >= 15 is 0 Å². The molecule has 2 atom stereocenters. The number of hydrogen-bond donors (Lipinski definition) is 1. The van der Waals surface area contributed by atoms with E-state index in [-0.39, 0.29) is 18.3 Å². The number of nitrogens with zero attached hydrogens (tertiary/aromatic N) is 1. The second-order valence-electron chi connectivity index (χ2n) is 7.85. The van der Waals surface area contributed by atoms with Gasteiger partial charge >= 0.3 is 0 Å². The molecule has 140 valence electrons. The minimum atomic E-state index is 0. The monoisotopic (exact) mass is 364 g/mol. The predicted molar refractivity (Wildman–Crippen MR) is 106 cm³/mol. The number of benzene rings is 1. The van der Waals surface area contributed by atoms with Crippen LogP contribution < -0.4 is 5.32 Å². The first-order valence-corrected chi connectivity index (χ1v) is 9.69. The van der Waals surface area contributed by atoms with E-state index in [1.165, 1.54) is 11.1 Å².